The van der Waals surface area contributed by atoms with E-state index in [2.05, 4.69) is 5.32 Å². The van der Waals surface area contributed by atoms with Gasteiger partial charge in [-0.1, -0.05) is 48.9 Å². The van der Waals surface area contributed by atoms with Crippen LogP contribution in [0.2, 0.25) is 5.02 Å². The van der Waals surface area contributed by atoms with Crippen LogP contribution < -0.4 is 9.62 Å². The Labute approximate surface area is 221 Å². The molecule has 3 aromatic carbocycles. The van der Waals surface area contributed by atoms with Crippen molar-refractivity contribution in [2.75, 3.05) is 17.9 Å². The number of rotatable bonds is 10. The Morgan fingerprint density at radius 3 is 2.19 bits per heavy atom. The molecule has 196 valence electrons. The summed E-state index contributed by atoms with van der Waals surface area (Å²) < 4.78 is 42.1. The molecule has 7 nitrogen and oxygen atoms in total. The number of nitrogens with one attached hydrogen (secondary N) is 1. The van der Waals surface area contributed by atoms with E-state index in [-0.39, 0.29) is 17.3 Å². The number of amides is 2. The summed E-state index contributed by atoms with van der Waals surface area (Å²) in [5.74, 6) is -1.40. The molecule has 0 aliphatic heterocycles. The molecule has 1 atom stereocenters. The van der Waals surface area contributed by atoms with Crippen molar-refractivity contribution in [3.8, 4) is 0 Å². The van der Waals surface area contributed by atoms with Gasteiger partial charge in [-0.05, 0) is 66.9 Å². The molecule has 0 bridgehead atoms. The molecule has 2 amide bonds. The number of anilines is 1. The van der Waals surface area contributed by atoms with Crippen molar-refractivity contribution in [1.29, 1.82) is 0 Å². The van der Waals surface area contributed by atoms with Gasteiger partial charge < -0.3 is 10.2 Å². The molecule has 3 aromatic rings. The highest BCUT2D eigenvalue weighted by molar-refractivity contribution is 7.92. The largest absolute Gasteiger partial charge is 0.357 e. The molecule has 0 radical (unpaired) electrons. The number of carbonyl (C=O) groups is 2. The van der Waals surface area contributed by atoms with Crippen molar-refractivity contribution in [2.45, 2.75) is 37.8 Å². The summed E-state index contributed by atoms with van der Waals surface area (Å²) >= 11 is 5.96. The van der Waals surface area contributed by atoms with Crippen LogP contribution in [0.25, 0.3) is 0 Å². The molecule has 37 heavy (non-hydrogen) atoms. The normalized spacial score (nSPS) is 12.0. The van der Waals surface area contributed by atoms with Gasteiger partial charge in [-0.3, -0.25) is 13.9 Å². The van der Waals surface area contributed by atoms with Gasteiger partial charge in [0.05, 0.1) is 10.6 Å². The van der Waals surface area contributed by atoms with Gasteiger partial charge >= 0.3 is 0 Å². The van der Waals surface area contributed by atoms with Crippen molar-refractivity contribution in [2.24, 2.45) is 0 Å². The van der Waals surface area contributed by atoms with E-state index in [4.69, 9.17) is 11.6 Å². The lowest BCUT2D eigenvalue weighted by atomic mass is 10.1. The summed E-state index contributed by atoms with van der Waals surface area (Å²) in [6, 6.07) is 17.2. The van der Waals surface area contributed by atoms with E-state index < -0.39 is 34.3 Å². The number of aryl methyl sites for hydroxylation is 1. The maximum absolute atomic E-state index is 13.8. The highest BCUT2D eigenvalue weighted by Crippen LogP contribution is 2.28. The predicted molar refractivity (Wildman–Crippen MR) is 142 cm³/mol. The molecule has 0 heterocycles. The van der Waals surface area contributed by atoms with Crippen LogP contribution in [-0.2, 0) is 26.2 Å². The fourth-order valence-electron chi connectivity index (χ4n) is 3.96. The molecule has 0 aliphatic rings. The number of benzene rings is 3. The van der Waals surface area contributed by atoms with Crippen LogP contribution in [0.5, 0.6) is 0 Å². The predicted octanol–water partition coefficient (Wildman–Crippen LogP) is 4.54. The van der Waals surface area contributed by atoms with Gasteiger partial charge in [0.25, 0.3) is 10.0 Å². The Morgan fingerprint density at radius 2 is 1.62 bits per heavy atom. The van der Waals surface area contributed by atoms with Gasteiger partial charge in [0.15, 0.2) is 0 Å². The number of hydrogen-bond acceptors (Lipinski definition) is 4. The molecule has 1 unspecified atom stereocenters. The topological polar surface area (TPSA) is 86.8 Å². The number of carbonyl (C=O) groups excluding carboxylic acids is 2. The van der Waals surface area contributed by atoms with Crippen LogP contribution in [0.4, 0.5) is 10.1 Å². The molecule has 0 fully saturated rings. The first-order valence-electron chi connectivity index (χ1n) is 11.7. The van der Waals surface area contributed by atoms with Crippen LogP contribution in [0.3, 0.4) is 0 Å². The minimum absolute atomic E-state index is 0.00631. The highest BCUT2D eigenvalue weighted by atomic mass is 35.5. The minimum atomic E-state index is -4.18. The van der Waals surface area contributed by atoms with Crippen LogP contribution in [0.1, 0.15) is 24.5 Å². The number of likely N-dealkylation sites (N-methyl/N-ethyl adjacent to an activating group) is 1. The lowest BCUT2D eigenvalue weighted by Gasteiger charge is -2.33. The Morgan fingerprint density at radius 1 is 1.00 bits per heavy atom. The summed E-state index contributed by atoms with van der Waals surface area (Å²) in [7, 11) is -2.71. The molecule has 10 heteroatoms. The second-order valence-electron chi connectivity index (χ2n) is 8.44. The van der Waals surface area contributed by atoms with E-state index in [1.165, 1.54) is 60.5 Å². The Hall–Kier alpha value is -3.43. The lowest BCUT2D eigenvalue weighted by molar-refractivity contribution is -0.140. The fourth-order valence-corrected chi connectivity index (χ4v) is 5.57. The number of nitrogens with zero attached hydrogens (tertiary/aromatic N) is 2. The summed E-state index contributed by atoms with van der Waals surface area (Å²) in [4.78, 5) is 27.8. The van der Waals surface area contributed by atoms with E-state index in [1.54, 1.807) is 38.1 Å². The van der Waals surface area contributed by atoms with E-state index in [9.17, 15) is 22.4 Å². The van der Waals surface area contributed by atoms with Crippen molar-refractivity contribution in [3.63, 3.8) is 0 Å². The van der Waals surface area contributed by atoms with E-state index in [0.29, 0.717) is 28.3 Å². The number of halogens is 2. The molecule has 3 rings (SSSR count). The van der Waals surface area contributed by atoms with E-state index in [1.807, 2.05) is 0 Å². The highest BCUT2D eigenvalue weighted by Gasteiger charge is 2.33. The fraction of sp³-hybridized carbons (Fsp3) is 0.259. The standard InChI is InChI=1S/C27H29ClFN3O4S/c1-4-24(27(34)30-3)31(17-20-9-13-22(29)14-10-20)26(33)18-32(25-8-6-5-7-19(25)2)37(35,36)23-15-11-21(28)12-16-23/h5-16,24H,4,17-18H2,1-3H3,(H,30,34). The van der Waals surface area contributed by atoms with Gasteiger partial charge in [-0.25, -0.2) is 12.8 Å². The lowest BCUT2D eigenvalue weighted by Crippen LogP contribution is -2.51. The van der Waals surface area contributed by atoms with Crippen LogP contribution in [-0.4, -0.2) is 44.8 Å². The monoisotopic (exact) mass is 545 g/mol. The number of hydrogen-bond donors (Lipinski definition) is 1. The van der Waals surface area contributed by atoms with Gasteiger partial charge in [-0.2, -0.15) is 0 Å². The summed E-state index contributed by atoms with van der Waals surface area (Å²) in [5, 5.41) is 2.94. The molecule has 0 saturated heterocycles. The molecular weight excluding hydrogens is 517 g/mol. The van der Waals surface area contributed by atoms with E-state index >= 15 is 0 Å². The third kappa shape index (κ3) is 6.67. The van der Waals surface area contributed by atoms with Crippen LogP contribution in [0, 0.1) is 12.7 Å². The molecule has 0 aromatic heterocycles. The van der Waals surface area contributed by atoms with Crippen molar-refractivity contribution in [1.82, 2.24) is 10.2 Å². The summed E-state index contributed by atoms with van der Waals surface area (Å²) in [5.41, 5.74) is 1.58. The first kappa shape index (κ1) is 28.1. The van der Waals surface area contributed by atoms with Gasteiger partial charge in [-0.15, -0.1) is 0 Å². The Kier molecular flexibility index (Phi) is 9.29. The number of para-hydroxylation sites is 1. The first-order chi connectivity index (χ1) is 17.6. The average Bonchev–Trinajstić information content (AvgIpc) is 2.88. The summed E-state index contributed by atoms with van der Waals surface area (Å²) in [6.07, 6.45) is 0.293. The minimum Gasteiger partial charge on any atom is -0.357 e. The zero-order valence-electron chi connectivity index (χ0n) is 20.8. The van der Waals surface area contributed by atoms with Gasteiger partial charge in [0.2, 0.25) is 11.8 Å². The van der Waals surface area contributed by atoms with Gasteiger partial charge in [0.1, 0.15) is 18.4 Å². The maximum atomic E-state index is 13.8. The smallest absolute Gasteiger partial charge is 0.264 e. The zero-order chi connectivity index (χ0) is 27.2. The average molecular weight is 546 g/mol. The molecule has 0 saturated carbocycles. The molecule has 0 spiro atoms. The number of sulfonamides is 1. The SMILES string of the molecule is CCC(C(=O)NC)N(Cc1ccc(F)cc1)C(=O)CN(c1ccccc1C)S(=O)(=O)c1ccc(Cl)cc1. The third-order valence-electron chi connectivity index (χ3n) is 5.96. The van der Waals surface area contributed by atoms with Crippen molar-refractivity contribution in [3.05, 3.63) is 94.8 Å². The quantitative estimate of drug-likeness (QED) is 0.405. The van der Waals surface area contributed by atoms with Gasteiger partial charge in [0, 0.05) is 18.6 Å². The zero-order valence-corrected chi connectivity index (χ0v) is 22.4. The second-order valence-corrected chi connectivity index (χ2v) is 10.7. The third-order valence-corrected chi connectivity index (χ3v) is 7.99. The maximum Gasteiger partial charge on any atom is 0.264 e. The Bertz CT molecular complexity index is 1350. The van der Waals surface area contributed by atoms with E-state index in [0.717, 1.165) is 4.31 Å². The van der Waals surface area contributed by atoms with Crippen LogP contribution in [0.15, 0.2) is 77.7 Å². The Balaban J connectivity index is 2.06. The second kappa shape index (κ2) is 12.2. The van der Waals surface area contributed by atoms with Crippen molar-refractivity contribution >= 4 is 39.1 Å². The molecule has 1 N–H and O–H groups in total. The summed E-state index contributed by atoms with van der Waals surface area (Å²) in [6.45, 7) is 2.95. The van der Waals surface area contributed by atoms with Crippen LogP contribution >= 0.6 is 11.6 Å². The molecular formula is C27H29ClFN3O4S. The first-order valence-corrected chi connectivity index (χ1v) is 13.5. The van der Waals surface area contributed by atoms with Crippen molar-refractivity contribution < 1.29 is 22.4 Å². The molecule has 0 aliphatic carbocycles.